The van der Waals surface area contributed by atoms with E-state index in [-0.39, 0.29) is 17.5 Å². The largest absolute Gasteiger partial charge is 0.325 e. The first-order valence-corrected chi connectivity index (χ1v) is 9.99. The minimum atomic E-state index is -0.600. The third kappa shape index (κ3) is 2.89. The van der Waals surface area contributed by atoms with Crippen LogP contribution in [0.1, 0.15) is 50.5 Å². The van der Waals surface area contributed by atoms with E-state index in [4.69, 9.17) is 0 Å². The molecule has 2 saturated carbocycles. The van der Waals surface area contributed by atoms with Crippen molar-refractivity contribution in [2.75, 3.05) is 13.1 Å². The fourth-order valence-electron chi connectivity index (χ4n) is 4.47. The standard InChI is InChI=1S/C19H24BrN3O2/c20-15-6-4-14(5-7-15)18(10-3-11-18)21-12-13-23-16(24)19(22-17(23)25)8-1-2-9-19/h4-7,21H,1-3,8-13H2,(H,22,25). The molecule has 0 radical (unpaired) electrons. The van der Waals surface area contributed by atoms with Gasteiger partial charge in [0, 0.05) is 23.1 Å². The van der Waals surface area contributed by atoms with Gasteiger partial charge in [-0.2, -0.15) is 0 Å². The molecule has 2 aliphatic carbocycles. The van der Waals surface area contributed by atoms with Gasteiger partial charge in [0.1, 0.15) is 5.54 Å². The van der Waals surface area contributed by atoms with Crippen LogP contribution in [0.5, 0.6) is 0 Å². The summed E-state index contributed by atoms with van der Waals surface area (Å²) in [5.74, 6) is -0.0249. The van der Waals surface area contributed by atoms with Gasteiger partial charge in [-0.1, -0.05) is 40.9 Å². The minimum Gasteiger partial charge on any atom is -0.323 e. The number of imide groups is 1. The van der Waals surface area contributed by atoms with Crippen LogP contribution in [0.25, 0.3) is 0 Å². The maximum Gasteiger partial charge on any atom is 0.325 e. The number of carbonyl (C=O) groups excluding carboxylic acids is 2. The second kappa shape index (κ2) is 6.40. The van der Waals surface area contributed by atoms with Gasteiger partial charge >= 0.3 is 6.03 Å². The van der Waals surface area contributed by atoms with Crippen LogP contribution in [0.2, 0.25) is 0 Å². The Bertz CT molecular complexity index is 678. The number of amides is 3. The number of halogens is 1. The van der Waals surface area contributed by atoms with Crippen molar-refractivity contribution in [1.29, 1.82) is 0 Å². The number of hydrogen-bond donors (Lipinski definition) is 2. The average molecular weight is 406 g/mol. The zero-order valence-corrected chi connectivity index (χ0v) is 15.9. The molecule has 1 spiro atoms. The van der Waals surface area contributed by atoms with Crippen LogP contribution in [0.15, 0.2) is 28.7 Å². The summed E-state index contributed by atoms with van der Waals surface area (Å²) in [5.41, 5.74) is 0.675. The lowest BCUT2D eigenvalue weighted by molar-refractivity contribution is -0.131. The summed E-state index contributed by atoms with van der Waals surface area (Å²) < 4.78 is 1.08. The van der Waals surface area contributed by atoms with Crippen molar-refractivity contribution in [2.45, 2.75) is 56.0 Å². The number of rotatable bonds is 5. The maximum absolute atomic E-state index is 12.7. The zero-order chi connectivity index (χ0) is 17.5. The van der Waals surface area contributed by atoms with Crippen LogP contribution >= 0.6 is 15.9 Å². The molecule has 1 heterocycles. The van der Waals surface area contributed by atoms with Crippen molar-refractivity contribution in [1.82, 2.24) is 15.5 Å². The number of urea groups is 1. The van der Waals surface area contributed by atoms with E-state index in [9.17, 15) is 9.59 Å². The molecule has 3 amide bonds. The lowest BCUT2D eigenvalue weighted by atomic mass is 9.72. The van der Waals surface area contributed by atoms with Crippen molar-refractivity contribution in [3.8, 4) is 0 Å². The Balaban J connectivity index is 1.39. The number of nitrogens with one attached hydrogen (secondary N) is 2. The lowest BCUT2D eigenvalue weighted by Gasteiger charge is -2.43. The molecule has 3 aliphatic rings. The fourth-order valence-corrected chi connectivity index (χ4v) is 4.73. The maximum atomic E-state index is 12.7. The van der Waals surface area contributed by atoms with Crippen LogP contribution < -0.4 is 10.6 Å². The van der Waals surface area contributed by atoms with Gasteiger partial charge in [0.05, 0.1) is 0 Å². The van der Waals surface area contributed by atoms with E-state index < -0.39 is 5.54 Å². The fraction of sp³-hybridized carbons (Fsp3) is 0.579. The quantitative estimate of drug-likeness (QED) is 0.738. The van der Waals surface area contributed by atoms with E-state index in [1.807, 2.05) is 0 Å². The van der Waals surface area contributed by atoms with Gasteiger partial charge in [-0.05, 0) is 49.8 Å². The second-order valence-electron chi connectivity index (χ2n) is 7.55. The Kier molecular flexibility index (Phi) is 4.36. The molecule has 0 atom stereocenters. The van der Waals surface area contributed by atoms with E-state index in [0.717, 1.165) is 43.0 Å². The number of hydrogen-bond acceptors (Lipinski definition) is 3. The summed E-state index contributed by atoms with van der Waals surface area (Å²) >= 11 is 3.48. The molecule has 3 fully saturated rings. The molecule has 134 valence electrons. The highest BCUT2D eigenvalue weighted by Gasteiger charge is 2.52. The van der Waals surface area contributed by atoms with Gasteiger partial charge < -0.3 is 10.6 Å². The Morgan fingerprint density at radius 3 is 2.32 bits per heavy atom. The van der Waals surface area contributed by atoms with Crippen molar-refractivity contribution in [3.05, 3.63) is 34.3 Å². The molecule has 5 nitrogen and oxygen atoms in total. The minimum absolute atomic E-state index is 0.00893. The smallest absolute Gasteiger partial charge is 0.323 e. The Labute approximate surface area is 156 Å². The topological polar surface area (TPSA) is 61.4 Å². The Morgan fingerprint density at radius 2 is 1.72 bits per heavy atom. The van der Waals surface area contributed by atoms with Crippen molar-refractivity contribution < 1.29 is 9.59 Å². The summed E-state index contributed by atoms with van der Waals surface area (Å²) in [7, 11) is 0. The van der Waals surface area contributed by atoms with Crippen LogP contribution in [0.4, 0.5) is 4.79 Å². The molecule has 1 saturated heterocycles. The van der Waals surface area contributed by atoms with Crippen LogP contribution in [0.3, 0.4) is 0 Å². The van der Waals surface area contributed by atoms with Crippen molar-refractivity contribution >= 4 is 27.9 Å². The predicted molar refractivity (Wildman–Crippen MR) is 99.1 cm³/mol. The Hall–Kier alpha value is -1.40. The first-order valence-electron chi connectivity index (χ1n) is 9.20. The molecule has 0 bridgehead atoms. The van der Waals surface area contributed by atoms with E-state index in [0.29, 0.717) is 13.1 Å². The molecule has 1 aliphatic heterocycles. The SMILES string of the molecule is O=C1NC2(CCCC2)C(=O)N1CCNC1(c2ccc(Br)cc2)CCC1. The van der Waals surface area contributed by atoms with Gasteiger partial charge in [-0.15, -0.1) is 0 Å². The summed E-state index contributed by atoms with van der Waals surface area (Å²) in [6.07, 6.45) is 7.00. The molecular weight excluding hydrogens is 382 g/mol. The van der Waals surface area contributed by atoms with Gasteiger partial charge in [0.15, 0.2) is 0 Å². The average Bonchev–Trinajstić information content (AvgIpc) is 3.11. The molecule has 0 unspecified atom stereocenters. The van der Waals surface area contributed by atoms with Gasteiger partial charge in [0.25, 0.3) is 5.91 Å². The molecule has 4 rings (SSSR count). The monoisotopic (exact) mass is 405 g/mol. The second-order valence-corrected chi connectivity index (χ2v) is 8.46. The third-order valence-corrected chi connectivity index (χ3v) is 6.63. The highest BCUT2D eigenvalue weighted by Crippen LogP contribution is 2.41. The molecule has 25 heavy (non-hydrogen) atoms. The van der Waals surface area contributed by atoms with E-state index in [2.05, 4.69) is 50.8 Å². The molecule has 1 aromatic rings. The first kappa shape index (κ1) is 17.0. The van der Waals surface area contributed by atoms with Crippen molar-refractivity contribution in [2.24, 2.45) is 0 Å². The van der Waals surface area contributed by atoms with Gasteiger partial charge in [-0.25, -0.2) is 4.79 Å². The normalized spacial score (nSPS) is 23.8. The predicted octanol–water partition coefficient (Wildman–Crippen LogP) is 3.28. The van der Waals surface area contributed by atoms with Crippen molar-refractivity contribution in [3.63, 3.8) is 0 Å². The molecular formula is C19H24BrN3O2. The van der Waals surface area contributed by atoms with Crippen LogP contribution in [-0.2, 0) is 10.3 Å². The summed E-state index contributed by atoms with van der Waals surface area (Å²) in [5, 5.41) is 6.57. The number of nitrogens with zero attached hydrogens (tertiary/aromatic N) is 1. The summed E-state index contributed by atoms with van der Waals surface area (Å²) in [4.78, 5) is 26.4. The molecule has 1 aromatic carbocycles. The lowest BCUT2D eigenvalue weighted by Crippen LogP contribution is -2.51. The zero-order valence-electron chi connectivity index (χ0n) is 14.3. The van der Waals surface area contributed by atoms with Crippen LogP contribution in [-0.4, -0.2) is 35.5 Å². The number of carbonyl (C=O) groups is 2. The molecule has 2 N–H and O–H groups in total. The highest BCUT2D eigenvalue weighted by molar-refractivity contribution is 9.10. The molecule has 0 aromatic heterocycles. The molecule has 6 heteroatoms. The number of benzene rings is 1. The van der Waals surface area contributed by atoms with E-state index in [1.165, 1.54) is 16.9 Å². The first-order chi connectivity index (χ1) is 12.0. The third-order valence-electron chi connectivity index (χ3n) is 6.11. The summed E-state index contributed by atoms with van der Waals surface area (Å²) in [6.45, 7) is 1.07. The van der Waals surface area contributed by atoms with E-state index in [1.54, 1.807) is 0 Å². The van der Waals surface area contributed by atoms with Gasteiger partial charge in [-0.3, -0.25) is 9.69 Å². The van der Waals surface area contributed by atoms with E-state index >= 15 is 0 Å². The van der Waals surface area contributed by atoms with Gasteiger partial charge in [0.2, 0.25) is 0 Å². The summed E-state index contributed by atoms with van der Waals surface area (Å²) in [6, 6.07) is 8.21. The highest BCUT2D eigenvalue weighted by atomic mass is 79.9. The van der Waals surface area contributed by atoms with Crippen LogP contribution in [0, 0.1) is 0 Å². The Morgan fingerprint density at radius 1 is 1.04 bits per heavy atom.